The van der Waals surface area contributed by atoms with Crippen LogP contribution in [0.5, 0.6) is 0 Å². The van der Waals surface area contributed by atoms with E-state index in [9.17, 15) is 14.4 Å². The monoisotopic (exact) mass is 805 g/mol. The van der Waals surface area contributed by atoms with Crippen LogP contribution in [-0.4, -0.2) is 37.2 Å². The Morgan fingerprint density at radius 3 is 0.877 bits per heavy atom. The van der Waals surface area contributed by atoms with Crippen LogP contribution in [0.1, 0.15) is 278 Å². The number of allylic oxidation sites excluding steroid dienone is 2. The van der Waals surface area contributed by atoms with Gasteiger partial charge in [0.05, 0.1) is 0 Å². The highest BCUT2D eigenvalue weighted by atomic mass is 16.6. The Morgan fingerprint density at radius 2 is 0.579 bits per heavy atom. The van der Waals surface area contributed by atoms with Crippen LogP contribution in [0.4, 0.5) is 0 Å². The number of hydrogen-bond acceptors (Lipinski definition) is 6. The van der Waals surface area contributed by atoms with E-state index < -0.39 is 6.10 Å². The van der Waals surface area contributed by atoms with Crippen LogP contribution in [0.3, 0.4) is 0 Å². The Hall–Kier alpha value is -1.85. The molecule has 0 heterocycles. The molecule has 0 aromatic heterocycles. The lowest BCUT2D eigenvalue weighted by molar-refractivity contribution is -0.167. The zero-order valence-electron chi connectivity index (χ0n) is 38.4. The molecule has 6 heteroatoms. The molecule has 0 aliphatic rings. The molecule has 0 saturated carbocycles. The minimum Gasteiger partial charge on any atom is -0.462 e. The van der Waals surface area contributed by atoms with Gasteiger partial charge in [0.2, 0.25) is 0 Å². The number of esters is 3. The molecule has 0 amide bonds. The molecule has 6 nitrogen and oxygen atoms in total. The zero-order chi connectivity index (χ0) is 41.5. The first-order valence-electron chi connectivity index (χ1n) is 25.2. The Balaban J connectivity index is 4.30. The van der Waals surface area contributed by atoms with Crippen molar-refractivity contribution in [3.8, 4) is 0 Å². The average molecular weight is 805 g/mol. The van der Waals surface area contributed by atoms with Crippen LogP contribution in [0.2, 0.25) is 0 Å². The summed E-state index contributed by atoms with van der Waals surface area (Å²) in [6.07, 6.45) is 50.5. The summed E-state index contributed by atoms with van der Waals surface area (Å²) in [6, 6.07) is 0. The molecule has 1 atom stereocenters. The third-order valence-corrected chi connectivity index (χ3v) is 11.3. The molecule has 336 valence electrons. The van der Waals surface area contributed by atoms with E-state index in [1.807, 2.05) is 0 Å². The minimum absolute atomic E-state index is 0.0679. The molecule has 0 rings (SSSR count). The molecule has 0 aliphatic heterocycles. The number of unbranched alkanes of at least 4 members (excludes halogenated alkanes) is 33. The van der Waals surface area contributed by atoms with Gasteiger partial charge in [-0.25, -0.2) is 0 Å². The molecule has 0 fully saturated rings. The van der Waals surface area contributed by atoms with Gasteiger partial charge in [-0.3, -0.25) is 14.4 Å². The molecule has 1 unspecified atom stereocenters. The molecule has 0 saturated heterocycles. The Labute approximate surface area is 354 Å². The first-order valence-corrected chi connectivity index (χ1v) is 25.2. The van der Waals surface area contributed by atoms with E-state index in [0.717, 1.165) is 64.2 Å². The maximum atomic E-state index is 12.7. The van der Waals surface area contributed by atoms with Gasteiger partial charge >= 0.3 is 17.9 Å². The molecule has 0 spiro atoms. The second kappa shape index (κ2) is 46.8. The highest BCUT2D eigenvalue weighted by Crippen LogP contribution is 2.16. The fourth-order valence-corrected chi connectivity index (χ4v) is 7.44. The van der Waals surface area contributed by atoms with Crippen molar-refractivity contribution in [1.82, 2.24) is 0 Å². The van der Waals surface area contributed by atoms with Gasteiger partial charge in [-0.2, -0.15) is 0 Å². The van der Waals surface area contributed by atoms with Crippen molar-refractivity contribution in [3.63, 3.8) is 0 Å². The summed E-state index contributed by atoms with van der Waals surface area (Å²) in [5.41, 5.74) is 0. The van der Waals surface area contributed by atoms with Crippen LogP contribution in [-0.2, 0) is 28.6 Å². The maximum Gasteiger partial charge on any atom is 0.306 e. The SMILES string of the molecule is CCCCCCCCC/C=C\CCCCCCCC(=O)OCC(COC(=O)CCCCCCCCCCC)OC(=O)CCCCCCCCCCCCCCCC. The van der Waals surface area contributed by atoms with Crippen molar-refractivity contribution in [3.05, 3.63) is 12.2 Å². The quantitative estimate of drug-likeness (QED) is 0.0264. The minimum atomic E-state index is -0.765. The van der Waals surface area contributed by atoms with Gasteiger partial charge in [0.25, 0.3) is 0 Å². The number of carbonyl (C=O) groups excluding carboxylic acids is 3. The number of rotatable bonds is 46. The lowest BCUT2D eigenvalue weighted by atomic mass is 10.0. The van der Waals surface area contributed by atoms with Gasteiger partial charge in [-0.1, -0.05) is 226 Å². The predicted molar refractivity (Wildman–Crippen MR) is 243 cm³/mol. The summed E-state index contributed by atoms with van der Waals surface area (Å²) >= 11 is 0. The molecule has 0 aromatic rings. The van der Waals surface area contributed by atoms with Gasteiger partial charge in [0.1, 0.15) is 13.2 Å². The summed E-state index contributed by atoms with van der Waals surface area (Å²) in [5, 5.41) is 0. The zero-order valence-corrected chi connectivity index (χ0v) is 38.4. The van der Waals surface area contributed by atoms with Crippen LogP contribution < -0.4 is 0 Å². The molecular formula is C51H96O6. The first kappa shape index (κ1) is 55.2. The Morgan fingerprint density at radius 1 is 0.333 bits per heavy atom. The fraction of sp³-hybridized carbons (Fsp3) is 0.902. The predicted octanol–water partition coefficient (Wildman–Crippen LogP) is 16.2. The Bertz CT molecular complexity index is 885. The van der Waals surface area contributed by atoms with Crippen molar-refractivity contribution in [2.24, 2.45) is 0 Å². The topological polar surface area (TPSA) is 78.9 Å². The molecule has 0 aliphatic carbocycles. The molecule has 57 heavy (non-hydrogen) atoms. The summed E-state index contributed by atoms with van der Waals surface area (Å²) in [6.45, 7) is 6.64. The van der Waals surface area contributed by atoms with E-state index in [-0.39, 0.29) is 31.1 Å². The van der Waals surface area contributed by atoms with Crippen molar-refractivity contribution in [2.45, 2.75) is 284 Å². The molecule has 0 radical (unpaired) electrons. The average Bonchev–Trinajstić information content (AvgIpc) is 3.21. The third kappa shape index (κ3) is 45.1. The van der Waals surface area contributed by atoms with Gasteiger partial charge < -0.3 is 14.2 Å². The Kier molecular flexibility index (Phi) is 45.3. The standard InChI is InChI=1S/C51H96O6/c1-4-7-10-13-16-19-21-23-25-26-28-29-32-35-38-41-44-50(53)56-47-48(46-55-49(52)43-40-37-34-31-18-15-12-9-6-3)57-51(54)45-42-39-36-33-30-27-24-22-20-17-14-11-8-5-2/h25-26,48H,4-24,27-47H2,1-3H3/b26-25-. The normalized spacial score (nSPS) is 12.0. The third-order valence-electron chi connectivity index (χ3n) is 11.3. The summed E-state index contributed by atoms with van der Waals surface area (Å²) in [5.74, 6) is -0.865. The molecule has 0 aromatic carbocycles. The van der Waals surface area contributed by atoms with Crippen molar-refractivity contribution in [2.75, 3.05) is 13.2 Å². The van der Waals surface area contributed by atoms with Crippen LogP contribution in [0.15, 0.2) is 12.2 Å². The van der Waals surface area contributed by atoms with E-state index in [0.29, 0.717) is 19.3 Å². The molecule has 0 N–H and O–H groups in total. The summed E-state index contributed by atoms with van der Waals surface area (Å²) in [7, 11) is 0. The molecule has 0 bridgehead atoms. The summed E-state index contributed by atoms with van der Waals surface area (Å²) in [4.78, 5) is 37.8. The van der Waals surface area contributed by atoms with E-state index in [1.54, 1.807) is 0 Å². The second-order valence-corrected chi connectivity index (χ2v) is 17.1. The van der Waals surface area contributed by atoms with E-state index in [4.69, 9.17) is 14.2 Å². The number of hydrogen-bond donors (Lipinski definition) is 0. The second-order valence-electron chi connectivity index (χ2n) is 17.1. The van der Waals surface area contributed by atoms with Crippen molar-refractivity contribution >= 4 is 17.9 Å². The van der Waals surface area contributed by atoms with Crippen LogP contribution >= 0.6 is 0 Å². The highest BCUT2D eigenvalue weighted by Gasteiger charge is 2.19. The molecular weight excluding hydrogens is 709 g/mol. The van der Waals surface area contributed by atoms with Gasteiger partial charge in [0, 0.05) is 19.3 Å². The van der Waals surface area contributed by atoms with Gasteiger partial charge in [-0.15, -0.1) is 0 Å². The number of ether oxygens (including phenoxy) is 3. The van der Waals surface area contributed by atoms with E-state index >= 15 is 0 Å². The van der Waals surface area contributed by atoms with Crippen LogP contribution in [0, 0.1) is 0 Å². The first-order chi connectivity index (χ1) is 28.0. The lowest BCUT2D eigenvalue weighted by Gasteiger charge is -2.18. The van der Waals surface area contributed by atoms with Crippen LogP contribution in [0.25, 0.3) is 0 Å². The highest BCUT2D eigenvalue weighted by molar-refractivity contribution is 5.71. The maximum absolute atomic E-state index is 12.7. The van der Waals surface area contributed by atoms with Gasteiger partial charge in [-0.05, 0) is 44.9 Å². The van der Waals surface area contributed by atoms with E-state index in [1.165, 1.54) is 173 Å². The van der Waals surface area contributed by atoms with E-state index in [2.05, 4.69) is 32.9 Å². The van der Waals surface area contributed by atoms with Gasteiger partial charge in [0.15, 0.2) is 6.10 Å². The lowest BCUT2D eigenvalue weighted by Crippen LogP contribution is -2.30. The number of carbonyl (C=O) groups is 3. The fourth-order valence-electron chi connectivity index (χ4n) is 7.44. The van der Waals surface area contributed by atoms with Crippen molar-refractivity contribution < 1.29 is 28.6 Å². The van der Waals surface area contributed by atoms with Crippen molar-refractivity contribution in [1.29, 1.82) is 0 Å². The smallest absolute Gasteiger partial charge is 0.306 e. The largest absolute Gasteiger partial charge is 0.462 e. The summed E-state index contributed by atoms with van der Waals surface area (Å²) < 4.78 is 16.7.